The first kappa shape index (κ1) is 13.4. The van der Waals surface area contributed by atoms with E-state index in [0.29, 0.717) is 13.1 Å². The van der Waals surface area contributed by atoms with E-state index in [1.807, 2.05) is 31.2 Å². The molecule has 1 aromatic heterocycles. The van der Waals surface area contributed by atoms with Gasteiger partial charge in [0.05, 0.1) is 19.9 Å². The Morgan fingerprint density at radius 2 is 1.74 bits per heavy atom. The predicted molar refractivity (Wildman–Crippen MR) is 71.3 cm³/mol. The van der Waals surface area contributed by atoms with Crippen molar-refractivity contribution < 1.29 is 14.0 Å². The summed E-state index contributed by atoms with van der Waals surface area (Å²) in [6.45, 7) is 3.25. The molecule has 5 nitrogen and oxygen atoms in total. The largest absolute Gasteiger partial charge is 0.497 e. The maximum Gasteiger partial charge on any atom is 0.133 e. The minimum atomic E-state index is 0.664. The summed E-state index contributed by atoms with van der Waals surface area (Å²) in [4.78, 5) is 0. The lowest BCUT2D eigenvalue weighted by Gasteiger charge is -2.08. The van der Waals surface area contributed by atoms with Crippen LogP contribution < -0.4 is 14.8 Å². The van der Waals surface area contributed by atoms with Gasteiger partial charge < -0.3 is 19.3 Å². The van der Waals surface area contributed by atoms with E-state index < -0.39 is 0 Å². The number of hydrogen-bond donors (Lipinski definition) is 1. The van der Waals surface area contributed by atoms with Gasteiger partial charge in [0.1, 0.15) is 17.3 Å². The van der Waals surface area contributed by atoms with Crippen molar-refractivity contribution in [3.63, 3.8) is 0 Å². The zero-order valence-electron chi connectivity index (χ0n) is 11.4. The van der Waals surface area contributed by atoms with Crippen LogP contribution in [-0.4, -0.2) is 19.4 Å². The molecule has 1 N–H and O–H groups in total. The lowest BCUT2D eigenvalue weighted by molar-refractivity contribution is 0.387. The smallest absolute Gasteiger partial charge is 0.133 e. The van der Waals surface area contributed by atoms with Crippen LogP contribution in [-0.2, 0) is 13.1 Å². The number of rotatable bonds is 6. The van der Waals surface area contributed by atoms with Crippen LogP contribution in [0.15, 0.2) is 28.8 Å². The average Bonchev–Trinajstić information content (AvgIpc) is 2.84. The van der Waals surface area contributed by atoms with Crippen molar-refractivity contribution in [2.45, 2.75) is 20.0 Å². The number of ether oxygens (including phenoxy) is 2. The molecule has 1 heterocycles. The van der Waals surface area contributed by atoms with Crippen molar-refractivity contribution in [2.75, 3.05) is 14.2 Å². The van der Waals surface area contributed by atoms with Gasteiger partial charge in [0.25, 0.3) is 0 Å². The van der Waals surface area contributed by atoms with Crippen LogP contribution in [0.5, 0.6) is 11.5 Å². The molecule has 0 unspecified atom stereocenters. The van der Waals surface area contributed by atoms with Crippen LogP contribution in [0.2, 0.25) is 0 Å². The summed E-state index contributed by atoms with van der Waals surface area (Å²) in [5, 5.41) is 7.23. The van der Waals surface area contributed by atoms with E-state index >= 15 is 0 Å². The molecule has 0 saturated carbocycles. The number of nitrogens with one attached hydrogen (secondary N) is 1. The van der Waals surface area contributed by atoms with Crippen molar-refractivity contribution >= 4 is 0 Å². The monoisotopic (exact) mass is 262 g/mol. The Labute approximate surface area is 112 Å². The zero-order valence-corrected chi connectivity index (χ0v) is 11.4. The molecule has 0 amide bonds. The Hall–Kier alpha value is -2.01. The molecule has 0 fully saturated rings. The lowest BCUT2D eigenvalue weighted by Crippen LogP contribution is -2.13. The van der Waals surface area contributed by atoms with Crippen molar-refractivity contribution in [1.29, 1.82) is 0 Å². The van der Waals surface area contributed by atoms with Crippen LogP contribution in [0, 0.1) is 6.92 Å². The van der Waals surface area contributed by atoms with Gasteiger partial charge in [-0.25, -0.2) is 0 Å². The molecule has 0 bridgehead atoms. The van der Waals surface area contributed by atoms with E-state index in [9.17, 15) is 0 Å². The fourth-order valence-electron chi connectivity index (χ4n) is 1.80. The SMILES string of the molecule is COc1cc(CNCc2cc(C)on2)cc(OC)c1. The highest BCUT2D eigenvalue weighted by atomic mass is 16.5. The second-order valence-electron chi connectivity index (χ2n) is 4.25. The Kier molecular flexibility index (Phi) is 4.41. The maximum atomic E-state index is 5.23. The molecule has 5 heteroatoms. The normalized spacial score (nSPS) is 10.5. The second kappa shape index (κ2) is 6.24. The summed E-state index contributed by atoms with van der Waals surface area (Å²) in [7, 11) is 3.29. The second-order valence-corrected chi connectivity index (χ2v) is 4.25. The molecule has 102 valence electrons. The van der Waals surface area contributed by atoms with Gasteiger partial charge >= 0.3 is 0 Å². The van der Waals surface area contributed by atoms with Gasteiger partial charge in [-0.1, -0.05) is 5.16 Å². The molecule has 2 aromatic rings. The molecule has 0 aliphatic carbocycles. The Bertz CT molecular complexity index is 515. The first-order chi connectivity index (χ1) is 9.21. The summed E-state index contributed by atoms with van der Waals surface area (Å²) < 4.78 is 15.5. The molecule has 0 atom stereocenters. The van der Waals surface area contributed by atoms with Gasteiger partial charge in [-0.15, -0.1) is 0 Å². The van der Waals surface area contributed by atoms with E-state index in [4.69, 9.17) is 14.0 Å². The number of methoxy groups -OCH3 is 2. The lowest BCUT2D eigenvalue weighted by atomic mass is 10.2. The van der Waals surface area contributed by atoms with Gasteiger partial charge in [0.2, 0.25) is 0 Å². The van der Waals surface area contributed by atoms with Gasteiger partial charge in [-0.3, -0.25) is 0 Å². The first-order valence-corrected chi connectivity index (χ1v) is 6.06. The molecule has 0 aliphatic heterocycles. The van der Waals surface area contributed by atoms with E-state index in [-0.39, 0.29) is 0 Å². The summed E-state index contributed by atoms with van der Waals surface area (Å²) in [5.74, 6) is 2.39. The molecule has 2 rings (SSSR count). The van der Waals surface area contributed by atoms with Gasteiger partial charge in [-0.05, 0) is 24.6 Å². The molecule has 0 aliphatic rings. The molecule has 0 saturated heterocycles. The first-order valence-electron chi connectivity index (χ1n) is 6.06. The standard InChI is InChI=1S/C14H18N2O3/c1-10-4-12(16-19-10)9-15-8-11-5-13(17-2)7-14(6-11)18-3/h4-7,15H,8-9H2,1-3H3. The van der Waals surface area contributed by atoms with E-state index in [2.05, 4.69) is 10.5 Å². The number of aromatic nitrogens is 1. The minimum Gasteiger partial charge on any atom is -0.497 e. The Morgan fingerprint density at radius 1 is 1.05 bits per heavy atom. The Balaban J connectivity index is 1.95. The van der Waals surface area contributed by atoms with Crippen molar-refractivity contribution in [3.05, 3.63) is 41.3 Å². The van der Waals surface area contributed by atoms with Crippen molar-refractivity contribution in [3.8, 4) is 11.5 Å². The zero-order chi connectivity index (χ0) is 13.7. The fraction of sp³-hybridized carbons (Fsp3) is 0.357. The van der Waals surface area contributed by atoms with Crippen LogP contribution in [0.25, 0.3) is 0 Å². The van der Waals surface area contributed by atoms with Gasteiger partial charge in [0, 0.05) is 25.2 Å². The molecular weight excluding hydrogens is 244 g/mol. The number of benzene rings is 1. The average molecular weight is 262 g/mol. The number of aryl methyl sites for hydroxylation is 1. The van der Waals surface area contributed by atoms with E-state index in [1.165, 1.54) is 0 Å². The van der Waals surface area contributed by atoms with E-state index in [0.717, 1.165) is 28.5 Å². The third-order valence-electron chi connectivity index (χ3n) is 2.72. The summed E-state index contributed by atoms with van der Waals surface area (Å²) >= 11 is 0. The van der Waals surface area contributed by atoms with Crippen LogP contribution in [0.1, 0.15) is 17.0 Å². The van der Waals surface area contributed by atoms with Crippen molar-refractivity contribution in [2.24, 2.45) is 0 Å². The van der Waals surface area contributed by atoms with Crippen molar-refractivity contribution in [1.82, 2.24) is 10.5 Å². The van der Waals surface area contributed by atoms with Crippen LogP contribution >= 0.6 is 0 Å². The summed E-state index contributed by atoms with van der Waals surface area (Å²) in [6, 6.07) is 7.72. The molecule has 1 aromatic carbocycles. The number of hydrogen-bond acceptors (Lipinski definition) is 5. The highest BCUT2D eigenvalue weighted by Crippen LogP contribution is 2.22. The molecular formula is C14H18N2O3. The topological polar surface area (TPSA) is 56.5 Å². The van der Waals surface area contributed by atoms with Crippen LogP contribution in [0.4, 0.5) is 0 Å². The minimum absolute atomic E-state index is 0.664. The highest BCUT2D eigenvalue weighted by molar-refractivity contribution is 5.38. The third kappa shape index (κ3) is 3.72. The summed E-state index contributed by atoms with van der Waals surface area (Å²) in [6.07, 6.45) is 0. The van der Waals surface area contributed by atoms with Gasteiger partial charge in [0.15, 0.2) is 0 Å². The Morgan fingerprint density at radius 3 is 2.26 bits per heavy atom. The fourth-order valence-corrected chi connectivity index (χ4v) is 1.80. The third-order valence-corrected chi connectivity index (χ3v) is 2.72. The molecule has 0 radical (unpaired) electrons. The predicted octanol–water partition coefficient (Wildman–Crippen LogP) is 2.29. The van der Waals surface area contributed by atoms with Gasteiger partial charge in [-0.2, -0.15) is 0 Å². The molecule has 0 spiro atoms. The number of nitrogens with zero attached hydrogens (tertiary/aromatic N) is 1. The quantitative estimate of drug-likeness (QED) is 0.865. The maximum absolute atomic E-state index is 5.23. The summed E-state index contributed by atoms with van der Waals surface area (Å²) in [5.41, 5.74) is 1.99. The van der Waals surface area contributed by atoms with Crippen LogP contribution in [0.3, 0.4) is 0 Å². The molecule has 19 heavy (non-hydrogen) atoms. The highest BCUT2D eigenvalue weighted by Gasteiger charge is 2.03. The van der Waals surface area contributed by atoms with E-state index in [1.54, 1.807) is 14.2 Å².